The Morgan fingerprint density at radius 1 is 1.21 bits per heavy atom. The minimum Gasteiger partial charge on any atom is -0.365 e. The van der Waals surface area contributed by atoms with Gasteiger partial charge in [0.05, 0.1) is 17.4 Å². The summed E-state index contributed by atoms with van der Waals surface area (Å²) in [6, 6.07) is 8.57. The van der Waals surface area contributed by atoms with E-state index >= 15 is 0 Å². The number of nitrogens with one attached hydrogen (secondary N) is 2. The van der Waals surface area contributed by atoms with Crippen LogP contribution in [0.15, 0.2) is 42.7 Å². The van der Waals surface area contributed by atoms with Gasteiger partial charge in [0.25, 0.3) is 5.91 Å². The van der Waals surface area contributed by atoms with Crippen molar-refractivity contribution in [2.45, 2.75) is 26.3 Å². The van der Waals surface area contributed by atoms with E-state index in [2.05, 4.69) is 34.4 Å². The van der Waals surface area contributed by atoms with Crippen molar-refractivity contribution in [3.8, 4) is 0 Å². The van der Waals surface area contributed by atoms with Gasteiger partial charge in [0.1, 0.15) is 5.82 Å². The SMILES string of the molecule is CC(C)C[C@H](CN)Nc1nc(Nc2cncc3ccccc23)c(C(N)=O)cc1F. The second-order valence-corrected chi connectivity index (χ2v) is 7.32. The van der Waals surface area contributed by atoms with Crippen LogP contribution in [0, 0.1) is 11.7 Å². The molecule has 0 unspecified atom stereocenters. The van der Waals surface area contributed by atoms with Crippen LogP contribution in [0.4, 0.5) is 21.7 Å². The zero-order chi connectivity index (χ0) is 21.0. The predicted octanol–water partition coefficient (Wildman–Crippen LogP) is 3.40. The number of carbonyl (C=O) groups excluding carboxylic acids is 1. The maximum Gasteiger partial charge on any atom is 0.252 e. The molecule has 0 aliphatic rings. The second-order valence-electron chi connectivity index (χ2n) is 7.32. The molecule has 2 aromatic heterocycles. The molecule has 1 aromatic carbocycles. The Morgan fingerprint density at radius 2 is 1.97 bits per heavy atom. The summed E-state index contributed by atoms with van der Waals surface area (Å²) < 4.78 is 14.6. The van der Waals surface area contributed by atoms with Gasteiger partial charge in [0.2, 0.25) is 0 Å². The zero-order valence-corrected chi connectivity index (χ0v) is 16.4. The van der Waals surface area contributed by atoms with Gasteiger partial charge >= 0.3 is 0 Å². The number of hydrogen-bond acceptors (Lipinski definition) is 6. The van der Waals surface area contributed by atoms with Crippen LogP contribution < -0.4 is 22.1 Å². The molecular formula is C21H25FN6O. The van der Waals surface area contributed by atoms with Crippen LogP contribution in [0.25, 0.3) is 10.8 Å². The third-order valence-electron chi connectivity index (χ3n) is 4.54. The monoisotopic (exact) mass is 396 g/mol. The summed E-state index contributed by atoms with van der Waals surface area (Å²) in [7, 11) is 0. The van der Waals surface area contributed by atoms with Crippen molar-refractivity contribution >= 4 is 34.0 Å². The van der Waals surface area contributed by atoms with Gasteiger partial charge in [0.15, 0.2) is 11.6 Å². The van der Waals surface area contributed by atoms with Crippen LogP contribution in [0.1, 0.15) is 30.6 Å². The zero-order valence-electron chi connectivity index (χ0n) is 16.4. The molecular weight excluding hydrogens is 371 g/mol. The molecule has 2 heterocycles. The summed E-state index contributed by atoms with van der Waals surface area (Å²) in [6.45, 7) is 4.45. The van der Waals surface area contributed by atoms with Gasteiger partial charge < -0.3 is 22.1 Å². The Kier molecular flexibility index (Phi) is 6.23. The Hall–Kier alpha value is -3.26. The fourth-order valence-corrected chi connectivity index (χ4v) is 3.19. The Bertz CT molecular complexity index is 1020. The third-order valence-corrected chi connectivity index (χ3v) is 4.54. The summed E-state index contributed by atoms with van der Waals surface area (Å²) >= 11 is 0. The number of amides is 1. The van der Waals surface area contributed by atoms with Gasteiger partial charge in [-0.15, -0.1) is 0 Å². The largest absolute Gasteiger partial charge is 0.365 e. The summed E-state index contributed by atoms with van der Waals surface area (Å²) in [4.78, 5) is 20.4. The van der Waals surface area contributed by atoms with E-state index in [9.17, 15) is 9.18 Å². The standard InChI is InChI=1S/C21H25FN6O/c1-12(2)7-14(9-23)26-21-17(22)8-16(19(24)29)20(28-21)27-18-11-25-10-13-5-3-4-6-15(13)18/h3-6,8,10-12,14H,7,9,23H2,1-2H3,(H2,24,29)(H2,26,27,28)/t14-/m1/s1. The van der Waals surface area contributed by atoms with E-state index in [4.69, 9.17) is 11.5 Å². The number of pyridine rings is 2. The van der Waals surface area contributed by atoms with Crippen molar-refractivity contribution in [3.05, 3.63) is 54.1 Å². The average molecular weight is 396 g/mol. The molecule has 8 heteroatoms. The number of primary amides is 1. The number of halogens is 1. The number of carbonyl (C=O) groups is 1. The van der Waals surface area contributed by atoms with Crippen LogP contribution in [0.2, 0.25) is 0 Å². The fourth-order valence-electron chi connectivity index (χ4n) is 3.19. The van der Waals surface area contributed by atoms with E-state index in [0.29, 0.717) is 18.2 Å². The first-order valence-electron chi connectivity index (χ1n) is 9.45. The van der Waals surface area contributed by atoms with Crippen LogP contribution in [0.3, 0.4) is 0 Å². The minimum absolute atomic E-state index is 0.0156. The van der Waals surface area contributed by atoms with Crippen molar-refractivity contribution in [2.24, 2.45) is 17.4 Å². The fraction of sp³-hybridized carbons (Fsp3) is 0.286. The number of hydrogen-bond donors (Lipinski definition) is 4. The molecule has 0 fully saturated rings. The number of nitrogens with two attached hydrogens (primary N) is 2. The first kappa shape index (κ1) is 20.5. The first-order chi connectivity index (χ1) is 13.9. The van der Waals surface area contributed by atoms with Crippen LogP contribution in [-0.4, -0.2) is 28.5 Å². The Morgan fingerprint density at radius 3 is 2.66 bits per heavy atom. The number of aromatic nitrogens is 2. The van der Waals surface area contributed by atoms with Crippen molar-refractivity contribution in [3.63, 3.8) is 0 Å². The van der Waals surface area contributed by atoms with Gasteiger partial charge in [-0.2, -0.15) is 0 Å². The van der Waals surface area contributed by atoms with Gasteiger partial charge in [-0.05, 0) is 18.4 Å². The van der Waals surface area contributed by atoms with Gasteiger partial charge in [0, 0.05) is 29.6 Å². The molecule has 0 aliphatic carbocycles. The highest BCUT2D eigenvalue weighted by Crippen LogP contribution is 2.28. The lowest BCUT2D eigenvalue weighted by Gasteiger charge is -2.21. The van der Waals surface area contributed by atoms with Crippen LogP contribution in [-0.2, 0) is 0 Å². The Labute approximate surface area is 168 Å². The number of anilines is 3. The lowest BCUT2D eigenvalue weighted by Crippen LogP contribution is -2.31. The Balaban J connectivity index is 2.01. The highest BCUT2D eigenvalue weighted by atomic mass is 19.1. The lowest BCUT2D eigenvalue weighted by atomic mass is 10.0. The summed E-state index contributed by atoms with van der Waals surface area (Å²) in [6.07, 6.45) is 4.11. The number of fused-ring (bicyclic) bond motifs is 1. The molecule has 0 spiro atoms. The van der Waals surface area contributed by atoms with E-state index in [0.717, 1.165) is 23.3 Å². The minimum atomic E-state index is -0.781. The average Bonchev–Trinajstić information content (AvgIpc) is 2.69. The maximum atomic E-state index is 14.6. The molecule has 6 N–H and O–H groups in total. The normalized spacial score (nSPS) is 12.2. The molecule has 0 radical (unpaired) electrons. The van der Waals surface area contributed by atoms with E-state index in [1.54, 1.807) is 12.4 Å². The summed E-state index contributed by atoms with van der Waals surface area (Å²) in [5.74, 6) is -0.899. The van der Waals surface area contributed by atoms with Crippen molar-refractivity contribution in [1.29, 1.82) is 0 Å². The topological polar surface area (TPSA) is 119 Å². The quantitative estimate of drug-likeness (QED) is 0.463. The molecule has 0 aliphatic heterocycles. The predicted molar refractivity (Wildman–Crippen MR) is 114 cm³/mol. The van der Waals surface area contributed by atoms with Crippen LogP contribution in [0.5, 0.6) is 0 Å². The molecule has 3 aromatic rings. The summed E-state index contributed by atoms with van der Waals surface area (Å²) in [5.41, 5.74) is 11.8. The lowest BCUT2D eigenvalue weighted by molar-refractivity contribution is 0.100. The van der Waals surface area contributed by atoms with Gasteiger partial charge in [-0.1, -0.05) is 38.1 Å². The highest BCUT2D eigenvalue weighted by Gasteiger charge is 2.19. The van der Waals surface area contributed by atoms with Gasteiger partial charge in [-0.25, -0.2) is 9.37 Å². The molecule has 1 atom stereocenters. The molecule has 7 nitrogen and oxygen atoms in total. The molecule has 0 saturated carbocycles. The maximum absolute atomic E-state index is 14.6. The third kappa shape index (κ3) is 4.78. The summed E-state index contributed by atoms with van der Waals surface area (Å²) in [5, 5.41) is 7.93. The molecule has 0 bridgehead atoms. The van der Waals surface area contributed by atoms with Crippen molar-refractivity contribution in [2.75, 3.05) is 17.2 Å². The molecule has 29 heavy (non-hydrogen) atoms. The van der Waals surface area contributed by atoms with Crippen LogP contribution >= 0.6 is 0 Å². The number of nitrogens with zero attached hydrogens (tertiary/aromatic N) is 2. The van der Waals surface area contributed by atoms with Gasteiger partial charge in [-0.3, -0.25) is 9.78 Å². The van der Waals surface area contributed by atoms with E-state index in [1.165, 1.54) is 0 Å². The van der Waals surface area contributed by atoms with E-state index < -0.39 is 11.7 Å². The highest BCUT2D eigenvalue weighted by molar-refractivity contribution is 6.01. The molecule has 0 saturated heterocycles. The van der Waals surface area contributed by atoms with Crippen molar-refractivity contribution in [1.82, 2.24) is 9.97 Å². The number of benzene rings is 1. The second kappa shape index (κ2) is 8.83. The molecule has 3 rings (SSSR count). The number of rotatable bonds is 8. The van der Waals surface area contributed by atoms with Crippen molar-refractivity contribution < 1.29 is 9.18 Å². The smallest absolute Gasteiger partial charge is 0.252 e. The first-order valence-corrected chi connectivity index (χ1v) is 9.45. The van der Waals surface area contributed by atoms with E-state index in [1.807, 2.05) is 24.3 Å². The van der Waals surface area contributed by atoms with E-state index in [-0.39, 0.29) is 23.2 Å². The molecule has 152 valence electrons. The molecule has 1 amide bonds.